The SMILES string of the molecule is COc1ccc(N(C)C(=O)C#N)cc1C(C)(C)C. The lowest BCUT2D eigenvalue weighted by atomic mass is 9.86. The van der Waals surface area contributed by atoms with Crippen molar-refractivity contribution in [2.75, 3.05) is 19.1 Å². The summed E-state index contributed by atoms with van der Waals surface area (Å²) in [6, 6.07) is 7.07. The van der Waals surface area contributed by atoms with Gasteiger partial charge in [0.25, 0.3) is 0 Å². The second-order valence-corrected chi connectivity index (χ2v) is 5.11. The molecule has 0 saturated carbocycles. The number of amides is 1. The Morgan fingerprint density at radius 1 is 1.39 bits per heavy atom. The van der Waals surface area contributed by atoms with Crippen LogP contribution in [0, 0.1) is 11.3 Å². The van der Waals surface area contributed by atoms with Gasteiger partial charge >= 0.3 is 5.91 Å². The Labute approximate surface area is 108 Å². The summed E-state index contributed by atoms with van der Waals surface area (Å²) < 4.78 is 5.32. The average molecular weight is 246 g/mol. The van der Waals surface area contributed by atoms with Crippen LogP contribution in [0.2, 0.25) is 0 Å². The number of carbonyl (C=O) groups is 1. The Morgan fingerprint density at radius 3 is 2.44 bits per heavy atom. The molecule has 0 aliphatic carbocycles. The number of methoxy groups -OCH3 is 1. The lowest BCUT2D eigenvalue weighted by Gasteiger charge is -2.24. The summed E-state index contributed by atoms with van der Waals surface area (Å²) in [7, 11) is 3.20. The second-order valence-electron chi connectivity index (χ2n) is 5.11. The Bertz CT molecular complexity index is 495. The van der Waals surface area contributed by atoms with Gasteiger partial charge in [-0.3, -0.25) is 4.79 Å². The standard InChI is InChI=1S/C14H18N2O2/c1-14(2,3)11-8-10(6-7-12(11)18-5)16(4)13(17)9-15/h6-8H,1-5H3. The monoisotopic (exact) mass is 246 g/mol. The number of anilines is 1. The van der Waals surface area contributed by atoms with Gasteiger partial charge in [-0.05, 0) is 23.6 Å². The second kappa shape index (κ2) is 5.09. The Kier molecular flexibility index (Phi) is 3.97. The maximum Gasteiger partial charge on any atom is 0.329 e. The molecule has 4 heteroatoms. The number of hydrogen-bond acceptors (Lipinski definition) is 3. The average Bonchev–Trinajstić information content (AvgIpc) is 2.35. The molecule has 0 fully saturated rings. The van der Waals surface area contributed by atoms with Gasteiger partial charge in [0.05, 0.1) is 7.11 Å². The van der Waals surface area contributed by atoms with Crippen LogP contribution in [0.4, 0.5) is 5.69 Å². The van der Waals surface area contributed by atoms with Crippen molar-refractivity contribution in [1.82, 2.24) is 0 Å². The first-order chi connectivity index (χ1) is 8.31. The predicted octanol–water partition coefficient (Wildman–Crippen LogP) is 2.48. The van der Waals surface area contributed by atoms with Crippen LogP contribution in [0.15, 0.2) is 18.2 Å². The van der Waals surface area contributed by atoms with Crippen molar-refractivity contribution in [1.29, 1.82) is 5.26 Å². The molecule has 0 atom stereocenters. The van der Waals surface area contributed by atoms with Crippen molar-refractivity contribution in [3.05, 3.63) is 23.8 Å². The van der Waals surface area contributed by atoms with Crippen LogP contribution in [0.5, 0.6) is 5.75 Å². The van der Waals surface area contributed by atoms with Gasteiger partial charge in [0.1, 0.15) is 5.75 Å². The molecule has 0 N–H and O–H groups in total. The van der Waals surface area contributed by atoms with Crippen LogP contribution in [0.1, 0.15) is 26.3 Å². The molecule has 1 rings (SSSR count). The van der Waals surface area contributed by atoms with Crippen LogP contribution in [0.25, 0.3) is 0 Å². The molecule has 0 radical (unpaired) electrons. The highest BCUT2D eigenvalue weighted by Crippen LogP contribution is 2.34. The molecule has 0 aliphatic rings. The molecule has 96 valence electrons. The molecule has 1 aromatic carbocycles. The van der Waals surface area contributed by atoms with Crippen LogP contribution in [0.3, 0.4) is 0 Å². The first kappa shape index (κ1) is 14.0. The summed E-state index contributed by atoms with van der Waals surface area (Å²) in [6.07, 6.45) is 0. The molecular weight excluding hydrogens is 228 g/mol. The Morgan fingerprint density at radius 2 is 2.00 bits per heavy atom. The summed E-state index contributed by atoms with van der Waals surface area (Å²) >= 11 is 0. The Balaban J connectivity index is 3.28. The van der Waals surface area contributed by atoms with Gasteiger partial charge in [-0.15, -0.1) is 0 Å². The largest absolute Gasteiger partial charge is 0.496 e. The molecule has 0 spiro atoms. The van der Waals surface area contributed by atoms with E-state index in [9.17, 15) is 4.79 Å². The molecule has 18 heavy (non-hydrogen) atoms. The van der Waals surface area contributed by atoms with E-state index in [1.54, 1.807) is 26.3 Å². The van der Waals surface area contributed by atoms with Gasteiger partial charge < -0.3 is 9.64 Å². The van der Waals surface area contributed by atoms with E-state index in [0.717, 1.165) is 11.3 Å². The molecule has 0 saturated heterocycles. The van der Waals surface area contributed by atoms with Gasteiger partial charge in [0.15, 0.2) is 6.07 Å². The van der Waals surface area contributed by atoms with E-state index in [-0.39, 0.29) is 5.41 Å². The van der Waals surface area contributed by atoms with Crippen molar-refractivity contribution in [3.8, 4) is 11.8 Å². The number of hydrogen-bond donors (Lipinski definition) is 0. The van der Waals surface area contributed by atoms with Gasteiger partial charge in [0, 0.05) is 18.3 Å². The van der Waals surface area contributed by atoms with Crippen molar-refractivity contribution < 1.29 is 9.53 Å². The molecule has 1 amide bonds. The number of carbonyl (C=O) groups excluding carboxylic acids is 1. The third-order valence-corrected chi connectivity index (χ3v) is 2.78. The molecule has 0 heterocycles. The minimum Gasteiger partial charge on any atom is -0.496 e. The van der Waals surface area contributed by atoms with Gasteiger partial charge in [0.2, 0.25) is 0 Å². The van der Waals surface area contributed by atoms with Crippen LogP contribution in [-0.2, 0) is 10.2 Å². The highest BCUT2D eigenvalue weighted by atomic mass is 16.5. The summed E-state index contributed by atoms with van der Waals surface area (Å²) in [5.74, 6) is 0.198. The molecule has 0 unspecified atom stereocenters. The van der Waals surface area contributed by atoms with E-state index >= 15 is 0 Å². The van der Waals surface area contributed by atoms with Crippen molar-refractivity contribution in [2.24, 2.45) is 0 Å². The smallest absolute Gasteiger partial charge is 0.329 e. The molecule has 0 aliphatic heterocycles. The van der Waals surface area contributed by atoms with Crippen molar-refractivity contribution in [2.45, 2.75) is 26.2 Å². The van der Waals surface area contributed by atoms with E-state index in [2.05, 4.69) is 20.8 Å². The molecule has 1 aromatic rings. The van der Waals surface area contributed by atoms with Gasteiger partial charge in [-0.1, -0.05) is 20.8 Å². The van der Waals surface area contributed by atoms with E-state index in [1.807, 2.05) is 12.1 Å². The number of ether oxygens (including phenoxy) is 1. The van der Waals surface area contributed by atoms with Gasteiger partial charge in [-0.2, -0.15) is 5.26 Å². The zero-order valence-electron chi connectivity index (χ0n) is 11.4. The number of nitriles is 1. The maximum atomic E-state index is 11.4. The molecule has 4 nitrogen and oxygen atoms in total. The summed E-state index contributed by atoms with van der Waals surface area (Å²) in [6.45, 7) is 6.21. The molecule has 0 aromatic heterocycles. The molecular formula is C14H18N2O2. The lowest BCUT2D eigenvalue weighted by molar-refractivity contribution is -0.113. The first-order valence-corrected chi connectivity index (χ1v) is 5.67. The number of benzene rings is 1. The zero-order chi connectivity index (χ0) is 13.9. The fourth-order valence-electron chi connectivity index (χ4n) is 1.68. The zero-order valence-corrected chi connectivity index (χ0v) is 11.4. The van der Waals surface area contributed by atoms with E-state index in [0.29, 0.717) is 5.69 Å². The van der Waals surface area contributed by atoms with E-state index in [4.69, 9.17) is 10.00 Å². The highest BCUT2D eigenvalue weighted by Gasteiger charge is 2.21. The van der Waals surface area contributed by atoms with E-state index < -0.39 is 5.91 Å². The summed E-state index contributed by atoms with van der Waals surface area (Å²) in [4.78, 5) is 12.7. The number of nitrogens with zero attached hydrogens (tertiary/aromatic N) is 2. The minimum atomic E-state index is -0.583. The third kappa shape index (κ3) is 2.80. The normalized spacial score (nSPS) is 10.7. The number of rotatable bonds is 2. The first-order valence-electron chi connectivity index (χ1n) is 5.67. The lowest BCUT2D eigenvalue weighted by Crippen LogP contribution is -2.25. The highest BCUT2D eigenvalue weighted by molar-refractivity contribution is 6.03. The Hall–Kier alpha value is -2.02. The quantitative estimate of drug-likeness (QED) is 0.753. The topological polar surface area (TPSA) is 53.3 Å². The molecule has 0 bridgehead atoms. The van der Waals surface area contributed by atoms with Crippen LogP contribution >= 0.6 is 0 Å². The minimum absolute atomic E-state index is 0.0993. The fraction of sp³-hybridized carbons (Fsp3) is 0.429. The summed E-state index contributed by atoms with van der Waals surface area (Å²) in [5.41, 5.74) is 1.59. The maximum absolute atomic E-state index is 11.4. The fourth-order valence-corrected chi connectivity index (χ4v) is 1.68. The van der Waals surface area contributed by atoms with E-state index in [1.165, 1.54) is 4.90 Å². The third-order valence-electron chi connectivity index (χ3n) is 2.78. The predicted molar refractivity (Wildman–Crippen MR) is 70.7 cm³/mol. The van der Waals surface area contributed by atoms with Crippen molar-refractivity contribution >= 4 is 11.6 Å². The van der Waals surface area contributed by atoms with Crippen LogP contribution < -0.4 is 9.64 Å². The summed E-state index contributed by atoms with van der Waals surface area (Å²) in [5, 5.41) is 8.63. The van der Waals surface area contributed by atoms with Gasteiger partial charge in [-0.25, -0.2) is 0 Å². The van der Waals surface area contributed by atoms with Crippen LogP contribution in [-0.4, -0.2) is 20.1 Å². The van der Waals surface area contributed by atoms with Crippen molar-refractivity contribution in [3.63, 3.8) is 0 Å².